The minimum absolute atomic E-state index is 0.129. The molecule has 2 rings (SSSR count). The van der Waals surface area contributed by atoms with Gasteiger partial charge in [0, 0.05) is 19.2 Å². The van der Waals surface area contributed by atoms with Gasteiger partial charge in [0.05, 0.1) is 16.7 Å². The Morgan fingerprint density at radius 1 is 1.40 bits per heavy atom. The molecule has 0 aromatic carbocycles. The number of amides is 2. The average Bonchev–Trinajstić information content (AvgIpc) is 3.22. The molecule has 2 aromatic heterocycles. The van der Waals surface area contributed by atoms with Crippen molar-refractivity contribution in [2.75, 3.05) is 18.4 Å². The zero-order chi connectivity index (χ0) is 18.4. The molecule has 0 bridgehead atoms. The fourth-order valence-corrected chi connectivity index (χ4v) is 3.42. The largest absolute Gasteiger partial charge is 0.465 e. The predicted octanol–water partition coefficient (Wildman–Crippen LogP) is 3.66. The van der Waals surface area contributed by atoms with Crippen LogP contribution in [0.25, 0.3) is 6.08 Å². The van der Waals surface area contributed by atoms with Gasteiger partial charge >= 0.3 is 0 Å². The first kappa shape index (κ1) is 18.5. The van der Waals surface area contributed by atoms with Gasteiger partial charge in [0.15, 0.2) is 0 Å². The molecule has 0 radical (unpaired) electrons. The second kappa shape index (κ2) is 8.31. The summed E-state index contributed by atoms with van der Waals surface area (Å²) in [4.78, 5) is 26.8. The van der Waals surface area contributed by atoms with Crippen LogP contribution >= 0.6 is 11.3 Å². The van der Waals surface area contributed by atoms with Gasteiger partial charge in [-0.05, 0) is 44.5 Å². The highest BCUT2D eigenvalue weighted by molar-refractivity contribution is 7.18. The van der Waals surface area contributed by atoms with Gasteiger partial charge in [-0.3, -0.25) is 9.59 Å². The van der Waals surface area contributed by atoms with Crippen molar-refractivity contribution in [2.45, 2.75) is 20.8 Å². The van der Waals surface area contributed by atoms with Crippen LogP contribution in [-0.4, -0.2) is 29.8 Å². The number of anilines is 1. The Kier molecular flexibility index (Phi) is 6.14. The minimum atomic E-state index is -0.393. The van der Waals surface area contributed by atoms with Crippen molar-refractivity contribution in [2.24, 2.45) is 0 Å². The second-order valence-electron chi connectivity index (χ2n) is 5.19. The summed E-state index contributed by atoms with van der Waals surface area (Å²) >= 11 is 1.13. The number of carbonyl (C=O) groups excluding carboxylic acids is 2. The van der Waals surface area contributed by atoms with Crippen LogP contribution in [0.15, 0.2) is 28.9 Å². The molecule has 0 unspecified atom stereocenters. The van der Waals surface area contributed by atoms with E-state index in [9.17, 15) is 14.9 Å². The van der Waals surface area contributed by atoms with Crippen molar-refractivity contribution >= 4 is 34.2 Å². The van der Waals surface area contributed by atoms with Gasteiger partial charge < -0.3 is 14.6 Å². The maximum absolute atomic E-state index is 12.6. The number of thiophene rings is 1. The Bertz CT molecular complexity index is 825. The van der Waals surface area contributed by atoms with Crippen molar-refractivity contribution in [1.82, 2.24) is 4.90 Å². The van der Waals surface area contributed by atoms with Crippen LogP contribution in [0.3, 0.4) is 0 Å². The number of hydrogen-bond donors (Lipinski definition) is 1. The predicted molar refractivity (Wildman–Crippen MR) is 97.4 cm³/mol. The van der Waals surface area contributed by atoms with Crippen LogP contribution in [0.4, 0.5) is 5.00 Å². The highest BCUT2D eigenvalue weighted by Gasteiger charge is 2.23. The van der Waals surface area contributed by atoms with E-state index in [4.69, 9.17) is 4.42 Å². The lowest BCUT2D eigenvalue weighted by atomic mass is 10.1. The highest BCUT2D eigenvalue weighted by Crippen LogP contribution is 2.33. The highest BCUT2D eigenvalue weighted by atomic mass is 32.1. The fourth-order valence-electron chi connectivity index (χ4n) is 2.29. The first-order valence-corrected chi connectivity index (χ1v) is 8.68. The normalized spacial score (nSPS) is 10.6. The third-order valence-corrected chi connectivity index (χ3v) is 4.88. The van der Waals surface area contributed by atoms with E-state index < -0.39 is 5.91 Å². The molecule has 130 valence electrons. The van der Waals surface area contributed by atoms with Gasteiger partial charge in [-0.2, -0.15) is 5.26 Å². The van der Waals surface area contributed by atoms with Crippen LogP contribution in [0.1, 0.15) is 40.4 Å². The number of rotatable bonds is 6. The number of furan rings is 1. The molecule has 0 aliphatic carbocycles. The Balaban J connectivity index is 2.23. The van der Waals surface area contributed by atoms with Gasteiger partial charge in [-0.15, -0.1) is 11.3 Å². The molecule has 7 heteroatoms. The average molecular weight is 357 g/mol. The van der Waals surface area contributed by atoms with E-state index >= 15 is 0 Å². The van der Waals surface area contributed by atoms with E-state index in [-0.39, 0.29) is 5.91 Å². The summed E-state index contributed by atoms with van der Waals surface area (Å²) in [5.41, 5.74) is 0.912. The molecule has 6 nitrogen and oxygen atoms in total. The first-order valence-electron chi connectivity index (χ1n) is 7.87. The summed E-state index contributed by atoms with van der Waals surface area (Å²) < 4.78 is 5.12. The van der Waals surface area contributed by atoms with E-state index in [2.05, 4.69) is 11.4 Å². The quantitative estimate of drug-likeness (QED) is 0.800. The lowest BCUT2D eigenvalue weighted by Gasteiger charge is -2.17. The van der Waals surface area contributed by atoms with Crippen LogP contribution in [0.5, 0.6) is 0 Å². The van der Waals surface area contributed by atoms with E-state index in [0.717, 1.165) is 11.3 Å². The van der Waals surface area contributed by atoms with Crippen LogP contribution in [0, 0.1) is 18.3 Å². The van der Waals surface area contributed by atoms with Crippen molar-refractivity contribution in [3.63, 3.8) is 0 Å². The maximum atomic E-state index is 12.6. The zero-order valence-electron chi connectivity index (χ0n) is 14.3. The fraction of sp³-hybridized carbons (Fsp3) is 0.278. The molecule has 2 heterocycles. The summed E-state index contributed by atoms with van der Waals surface area (Å²) in [5.74, 6) is 0.0297. The Hall–Kier alpha value is -2.85. The van der Waals surface area contributed by atoms with Crippen molar-refractivity contribution in [3.05, 3.63) is 46.2 Å². The topological polar surface area (TPSA) is 86.3 Å². The third kappa shape index (κ3) is 4.17. The van der Waals surface area contributed by atoms with Crippen molar-refractivity contribution in [3.8, 4) is 6.07 Å². The SMILES string of the molecule is CCN(CC)C(=O)c1sc(NC(=O)/C=C/c2ccco2)c(C#N)c1C. The molecule has 1 N–H and O–H groups in total. The molecule has 2 aromatic rings. The zero-order valence-corrected chi connectivity index (χ0v) is 15.1. The number of nitrogens with zero attached hydrogens (tertiary/aromatic N) is 2. The third-order valence-electron chi connectivity index (χ3n) is 3.68. The molecule has 0 aliphatic rings. The number of nitriles is 1. The second-order valence-corrected chi connectivity index (χ2v) is 6.21. The standard InChI is InChI=1S/C18H19N3O3S/c1-4-21(5-2)18(23)16-12(3)14(11-19)17(25-16)20-15(22)9-8-13-7-6-10-24-13/h6-10H,4-5H2,1-3H3,(H,20,22)/b9-8+. The Labute approximate surface area is 150 Å². The van der Waals surface area contributed by atoms with E-state index in [1.54, 1.807) is 24.0 Å². The lowest BCUT2D eigenvalue weighted by molar-refractivity contribution is -0.111. The summed E-state index contributed by atoms with van der Waals surface area (Å²) in [5, 5.41) is 12.4. The summed E-state index contributed by atoms with van der Waals surface area (Å²) in [6.45, 7) is 6.69. The molecule has 0 aliphatic heterocycles. The smallest absolute Gasteiger partial charge is 0.264 e. The monoisotopic (exact) mass is 357 g/mol. The minimum Gasteiger partial charge on any atom is -0.465 e. The van der Waals surface area contributed by atoms with Crippen LogP contribution < -0.4 is 5.32 Å². The maximum Gasteiger partial charge on any atom is 0.264 e. The number of nitrogens with one attached hydrogen (secondary N) is 1. The van der Waals surface area contributed by atoms with Gasteiger partial charge in [0.2, 0.25) is 5.91 Å². The summed E-state index contributed by atoms with van der Waals surface area (Å²) in [6, 6.07) is 5.52. The van der Waals surface area contributed by atoms with Crippen LogP contribution in [-0.2, 0) is 4.79 Å². The summed E-state index contributed by atoms with van der Waals surface area (Å²) in [7, 11) is 0. The molecule has 25 heavy (non-hydrogen) atoms. The van der Waals surface area contributed by atoms with Gasteiger partial charge in [-0.25, -0.2) is 0 Å². The van der Waals surface area contributed by atoms with E-state index in [0.29, 0.717) is 39.9 Å². The van der Waals surface area contributed by atoms with Gasteiger partial charge in [-0.1, -0.05) is 0 Å². The lowest BCUT2D eigenvalue weighted by Crippen LogP contribution is -2.30. The Morgan fingerprint density at radius 2 is 2.12 bits per heavy atom. The molecule has 0 saturated carbocycles. The van der Waals surface area contributed by atoms with E-state index in [1.807, 2.05) is 13.8 Å². The molecular weight excluding hydrogens is 338 g/mol. The first-order chi connectivity index (χ1) is 12.0. The number of carbonyl (C=O) groups is 2. The van der Waals surface area contributed by atoms with Crippen molar-refractivity contribution in [1.29, 1.82) is 5.26 Å². The van der Waals surface area contributed by atoms with Crippen molar-refractivity contribution < 1.29 is 14.0 Å². The summed E-state index contributed by atoms with van der Waals surface area (Å²) in [6.07, 6.45) is 4.36. The molecule has 0 fully saturated rings. The van der Waals surface area contributed by atoms with E-state index in [1.165, 1.54) is 18.4 Å². The molecule has 0 saturated heterocycles. The van der Waals surface area contributed by atoms with Gasteiger partial charge in [0.25, 0.3) is 5.91 Å². The molecular formula is C18H19N3O3S. The molecule has 2 amide bonds. The molecule has 0 spiro atoms. The number of hydrogen-bond acceptors (Lipinski definition) is 5. The van der Waals surface area contributed by atoms with Crippen LogP contribution in [0.2, 0.25) is 0 Å². The van der Waals surface area contributed by atoms with Gasteiger partial charge in [0.1, 0.15) is 16.8 Å². The molecule has 0 atom stereocenters. The Morgan fingerprint density at radius 3 is 2.68 bits per heavy atom.